The van der Waals surface area contributed by atoms with E-state index < -0.39 is 5.97 Å². The van der Waals surface area contributed by atoms with Crippen molar-refractivity contribution in [3.63, 3.8) is 0 Å². The van der Waals surface area contributed by atoms with E-state index in [4.69, 9.17) is 0 Å². The smallest absolute Gasteiger partial charge is 0.543 e. The summed E-state index contributed by atoms with van der Waals surface area (Å²) in [7, 11) is 1.75. The number of nitrogens with zero attached hydrogens (tertiary/aromatic N) is 3. The maximum Gasteiger partial charge on any atom is 1.00 e. The van der Waals surface area contributed by atoms with Gasteiger partial charge >= 0.3 is 29.6 Å². The first-order chi connectivity index (χ1) is 8.18. The molecule has 18 heavy (non-hydrogen) atoms. The van der Waals surface area contributed by atoms with Crippen LogP contribution in [-0.2, 0) is 19.9 Å². The van der Waals surface area contributed by atoms with Gasteiger partial charge in [0.05, 0.1) is 11.7 Å². The van der Waals surface area contributed by atoms with Crippen LogP contribution < -0.4 is 34.7 Å². The van der Waals surface area contributed by atoms with Crippen LogP contribution in [0.4, 0.5) is 0 Å². The van der Waals surface area contributed by atoms with Gasteiger partial charge < -0.3 is 9.90 Å². The Morgan fingerprint density at radius 1 is 1.44 bits per heavy atom. The fourth-order valence-electron chi connectivity index (χ4n) is 2.42. The Balaban J connectivity index is 0.00000120. The topological polar surface area (TPSA) is 70.8 Å². The molecule has 0 aromatic carbocycles. The number of carbonyl (C=O) groups is 1. The number of rotatable bonds is 1. The van der Waals surface area contributed by atoms with Crippen LogP contribution in [0.1, 0.15) is 21.6 Å². The van der Waals surface area contributed by atoms with Gasteiger partial charge in [-0.2, -0.15) is 5.10 Å². The third kappa shape index (κ3) is 1.88. The van der Waals surface area contributed by atoms with Gasteiger partial charge in [0.2, 0.25) is 0 Å². The van der Waals surface area contributed by atoms with Crippen molar-refractivity contribution < 1.29 is 39.5 Å². The summed E-state index contributed by atoms with van der Waals surface area (Å²) < 4.78 is 1.61. The minimum Gasteiger partial charge on any atom is -0.543 e. The van der Waals surface area contributed by atoms with Crippen molar-refractivity contribution in [2.75, 3.05) is 0 Å². The van der Waals surface area contributed by atoms with Crippen LogP contribution in [0, 0.1) is 0 Å². The summed E-state index contributed by atoms with van der Waals surface area (Å²) in [6, 6.07) is 1.90. The summed E-state index contributed by atoms with van der Waals surface area (Å²) in [5.74, 6) is -1.21. The minimum atomic E-state index is -1.21. The molecule has 1 aliphatic carbocycles. The van der Waals surface area contributed by atoms with Gasteiger partial charge in [-0.15, -0.1) is 0 Å². The fourth-order valence-corrected chi connectivity index (χ4v) is 2.42. The van der Waals surface area contributed by atoms with Crippen molar-refractivity contribution in [1.82, 2.24) is 14.8 Å². The van der Waals surface area contributed by atoms with Gasteiger partial charge in [-0.3, -0.25) is 9.67 Å². The monoisotopic (exact) mass is 251 g/mol. The van der Waals surface area contributed by atoms with Crippen LogP contribution in [0.3, 0.4) is 0 Å². The Labute approximate surface area is 126 Å². The van der Waals surface area contributed by atoms with E-state index in [2.05, 4.69) is 10.1 Å². The summed E-state index contributed by atoms with van der Waals surface area (Å²) in [4.78, 5) is 15.1. The number of aromatic nitrogens is 3. The number of aryl methyl sites for hydroxylation is 2. The van der Waals surface area contributed by atoms with E-state index in [-0.39, 0.29) is 35.3 Å². The largest absolute Gasteiger partial charge is 1.00 e. The zero-order chi connectivity index (χ0) is 12.0. The molecule has 0 aliphatic heterocycles. The zero-order valence-electron chi connectivity index (χ0n) is 10.3. The number of carbonyl (C=O) groups excluding carboxylic acids is 1. The Kier molecular flexibility index (Phi) is 3.56. The van der Waals surface area contributed by atoms with Crippen LogP contribution >= 0.6 is 0 Å². The van der Waals surface area contributed by atoms with Crippen LogP contribution in [0.15, 0.2) is 18.5 Å². The molecule has 0 atom stereocenters. The quantitative estimate of drug-likeness (QED) is 0.505. The minimum absolute atomic E-state index is 0. The van der Waals surface area contributed by atoms with Crippen LogP contribution in [0.25, 0.3) is 11.3 Å². The molecular formula is C12H10N3NaO2. The second kappa shape index (κ2) is 4.84. The Morgan fingerprint density at radius 3 is 2.94 bits per heavy atom. The average molecular weight is 251 g/mol. The van der Waals surface area contributed by atoms with Gasteiger partial charge in [0.15, 0.2) is 0 Å². The number of fused-ring (bicyclic) bond motifs is 3. The fraction of sp³-hybridized carbons (Fsp3) is 0.250. The summed E-state index contributed by atoms with van der Waals surface area (Å²) in [5, 5.41) is 15.0. The van der Waals surface area contributed by atoms with E-state index in [1.165, 1.54) is 0 Å². The molecule has 0 spiro atoms. The second-order valence-corrected chi connectivity index (χ2v) is 4.12. The second-order valence-electron chi connectivity index (χ2n) is 4.12. The molecule has 2 aromatic rings. The van der Waals surface area contributed by atoms with E-state index in [9.17, 15) is 9.90 Å². The van der Waals surface area contributed by atoms with Crippen molar-refractivity contribution in [2.24, 2.45) is 7.05 Å². The molecule has 2 heterocycles. The maximum atomic E-state index is 11.0. The molecule has 0 saturated heterocycles. The van der Waals surface area contributed by atoms with Crippen LogP contribution in [-0.4, -0.2) is 20.7 Å². The van der Waals surface area contributed by atoms with Gasteiger partial charge in [0.25, 0.3) is 0 Å². The predicted molar refractivity (Wildman–Crippen MR) is 58.2 cm³/mol. The van der Waals surface area contributed by atoms with Crippen LogP contribution in [0.2, 0.25) is 0 Å². The van der Waals surface area contributed by atoms with E-state index in [0.717, 1.165) is 28.8 Å². The summed E-state index contributed by atoms with van der Waals surface area (Å²) in [5.41, 5.74) is 3.85. The molecule has 86 valence electrons. The first kappa shape index (κ1) is 13.3. The number of hydrogen-bond donors (Lipinski definition) is 0. The molecule has 1 aliphatic rings. The normalized spacial score (nSPS) is 12.3. The average Bonchev–Trinajstić information content (AvgIpc) is 2.67. The Bertz CT molecular complexity index is 622. The Hall–Kier alpha value is -1.17. The van der Waals surface area contributed by atoms with Crippen molar-refractivity contribution >= 4 is 5.97 Å². The molecule has 3 rings (SSSR count). The van der Waals surface area contributed by atoms with Gasteiger partial charge in [-0.05, 0) is 24.5 Å². The van der Waals surface area contributed by atoms with Crippen molar-refractivity contribution in [1.29, 1.82) is 0 Å². The molecular weight excluding hydrogens is 241 g/mol. The first-order valence-electron chi connectivity index (χ1n) is 5.39. The third-order valence-electron chi connectivity index (χ3n) is 3.14. The van der Waals surface area contributed by atoms with E-state index in [0.29, 0.717) is 6.42 Å². The molecule has 2 aromatic heterocycles. The van der Waals surface area contributed by atoms with Crippen molar-refractivity contribution in [2.45, 2.75) is 12.8 Å². The van der Waals surface area contributed by atoms with Gasteiger partial charge in [-0.25, -0.2) is 0 Å². The molecule has 0 unspecified atom stereocenters. The van der Waals surface area contributed by atoms with E-state index in [1.54, 1.807) is 17.9 Å². The molecule has 5 nitrogen and oxygen atoms in total. The third-order valence-corrected chi connectivity index (χ3v) is 3.14. The predicted octanol–water partition coefficient (Wildman–Crippen LogP) is -3.05. The molecule has 0 bridgehead atoms. The standard InChI is InChI=1S/C12H11N3O2.Na/c1-15-11-8-4-5-13-6-7(8)2-3-9(11)10(14-15)12(16)17;/h4-6H,2-3H2,1H3,(H,16,17);/q;+1/p-1. The number of pyridine rings is 1. The summed E-state index contributed by atoms with van der Waals surface area (Å²) >= 11 is 0. The van der Waals surface area contributed by atoms with Gasteiger partial charge in [0, 0.05) is 30.6 Å². The van der Waals surface area contributed by atoms with E-state index in [1.807, 2.05) is 12.3 Å². The van der Waals surface area contributed by atoms with Crippen molar-refractivity contribution in [3.8, 4) is 11.3 Å². The molecule has 0 fully saturated rings. The van der Waals surface area contributed by atoms with E-state index >= 15 is 0 Å². The number of hydrogen-bond acceptors (Lipinski definition) is 4. The number of aromatic carboxylic acids is 1. The maximum absolute atomic E-state index is 11.0. The number of carboxylic acids is 1. The molecule has 0 amide bonds. The molecule has 6 heteroatoms. The molecule has 0 N–H and O–H groups in total. The molecule has 0 radical (unpaired) electrons. The first-order valence-corrected chi connectivity index (χ1v) is 5.39. The van der Waals surface area contributed by atoms with Crippen LogP contribution in [0.5, 0.6) is 0 Å². The SMILES string of the molecule is Cn1nc(C(=O)[O-])c2c1-c1ccncc1CC2.[Na+]. The van der Waals surface area contributed by atoms with Crippen molar-refractivity contribution in [3.05, 3.63) is 35.3 Å². The molecule has 0 saturated carbocycles. The zero-order valence-corrected chi connectivity index (χ0v) is 12.3. The van der Waals surface area contributed by atoms with Gasteiger partial charge in [-0.1, -0.05) is 0 Å². The summed E-state index contributed by atoms with van der Waals surface area (Å²) in [6.07, 6.45) is 5.00. The Morgan fingerprint density at radius 2 is 2.22 bits per heavy atom. The number of carboxylic acid groups (broad SMARTS) is 1. The summed E-state index contributed by atoms with van der Waals surface area (Å²) in [6.45, 7) is 0. The van der Waals surface area contributed by atoms with Gasteiger partial charge in [0.1, 0.15) is 5.69 Å².